The molecular weight excluding hydrogens is 299 g/mol. The second-order valence-corrected chi connectivity index (χ2v) is 4.41. The maximum atomic E-state index is 13.6. The Bertz CT molecular complexity index is 589. The highest BCUT2D eigenvalue weighted by atomic mass is 79.9. The number of aromatic nitrogens is 1. The molecule has 0 aliphatic carbocycles. The summed E-state index contributed by atoms with van der Waals surface area (Å²) in [4.78, 5) is 17.4. The minimum atomic E-state index is -0.437. The van der Waals surface area contributed by atoms with E-state index in [1.54, 1.807) is 36.5 Å². The fourth-order valence-corrected chi connectivity index (χ4v) is 1.98. The molecule has 0 fully saturated rings. The van der Waals surface area contributed by atoms with E-state index in [0.29, 0.717) is 10.2 Å². The summed E-state index contributed by atoms with van der Waals surface area (Å²) in [5, 5.41) is 0. The number of anilines is 1. The van der Waals surface area contributed by atoms with Crippen LogP contribution < -0.4 is 4.90 Å². The van der Waals surface area contributed by atoms with E-state index in [-0.39, 0.29) is 11.6 Å². The molecule has 2 aromatic rings. The molecule has 2 rings (SSSR count). The van der Waals surface area contributed by atoms with Crippen LogP contribution >= 0.6 is 15.9 Å². The summed E-state index contributed by atoms with van der Waals surface area (Å²) in [5.74, 6) is -0.756. The smallest absolute Gasteiger partial charge is 0.260 e. The molecule has 0 saturated heterocycles. The third-order valence-electron chi connectivity index (χ3n) is 2.51. The van der Waals surface area contributed by atoms with Crippen molar-refractivity contribution in [2.45, 2.75) is 0 Å². The lowest BCUT2D eigenvalue weighted by atomic mass is 10.2. The third-order valence-corrected chi connectivity index (χ3v) is 3.14. The number of hydrogen-bond acceptors (Lipinski definition) is 2. The molecule has 0 atom stereocenters. The summed E-state index contributed by atoms with van der Waals surface area (Å²) in [6.45, 7) is 0. The number of para-hydroxylation sites is 1. The fourth-order valence-electron chi connectivity index (χ4n) is 1.56. The van der Waals surface area contributed by atoms with E-state index in [2.05, 4.69) is 20.9 Å². The molecule has 18 heavy (non-hydrogen) atoms. The molecule has 0 bridgehead atoms. The molecule has 5 heteroatoms. The van der Waals surface area contributed by atoms with Crippen molar-refractivity contribution >= 4 is 27.5 Å². The quantitative estimate of drug-likeness (QED) is 0.798. The zero-order valence-corrected chi connectivity index (χ0v) is 11.2. The summed E-state index contributed by atoms with van der Waals surface area (Å²) in [7, 11) is 1.53. The minimum Gasteiger partial charge on any atom is -0.309 e. The van der Waals surface area contributed by atoms with E-state index in [4.69, 9.17) is 0 Å². The highest BCUT2D eigenvalue weighted by Gasteiger charge is 2.18. The highest BCUT2D eigenvalue weighted by molar-refractivity contribution is 9.10. The average Bonchev–Trinajstić information content (AvgIpc) is 2.38. The van der Waals surface area contributed by atoms with Crippen molar-refractivity contribution in [3.8, 4) is 0 Å². The molecule has 1 aromatic heterocycles. The molecule has 0 spiro atoms. The number of rotatable bonds is 2. The van der Waals surface area contributed by atoms with Crippen molar-refractivity contribution in [3.63, 3.8) is 0 Å². The Morgan fingerprint density at radius 2 is 2.00 bits per heavy atom. The first-order valence-corrected chi connectivity index (χ1v) is 6.03. The van der Waals surface area contributed by atoms with E-state index in [9.17, 15) is 9.18 Å². The summed E-state index contributed by atoms with van der Waals surface area (Å²) in [6.07, 6.45) is 1.57. The van der Waals surface area contributed by atoms with Crippen LogP contribution in [0.3, 0.4) is 0 Å². The predicted octanol–water partition coefficient (Wildman–Crippen LogP) is 3.26. The number of nitrogens with zero attached hydrogens (tertiary/aromatic N) is 2. The molecule has 3 nitrogen and oxygen atoms in total. The fraction of sp³-hybridized carbons (Fsp3) is 0.0769. The lowest BCUT2D eigenvalue weighted by molar-refractivity contribution is 0.0991. The highest BCUT2D eigenvalue weighted by Crippen LogP contribution is 2.21. The Hall–Kier alpha value is -1.75. The second-order valence-electron chi connectivity index (χ2n) is 3.66. The zero-order chi connectivity index (χ0) is 13.1. The summed E-state index contributed by atoms with van der Waals surface area (Å²) in [5.41, 5.74) is 0.626. The van der Waals surface area contributed by atoms with E-state index in [0.717, 1.165) is 0 Å². The third kappa shape index (κ3) is 2.41. The minimum absolute atomic E-state index is 0.234. The normalized spacial score (nSPS) is 10.2. The van der Waals surface area contributed by atoms with Crippen molar-refractivity contribution in [2.24, 2.45) is 0 Å². The van der Waals surface area contributed by atoms with Crippen LogP contribution in [0.15, 0.2) is 47.2 Å². The largest absolute Gasteiger partial charge is 0.309 e. The zero-order valence-electron chi connectivity index (χ0n) is 9.60. The molecule has 92 valence electrons. The van der Waals surface area contributed by atoms with Gasteiger partial charge in [-0.2, -0.15) is 0 Å². The van der Waals surface area contributed by atoms with E-state index < -0.39 is 5.82 Å². The van der Waals surface area contributed by atoms with Gasteiger partial charge < -0.3 is 4.90 Å². The van der Waals surface area contributed by atoms with Gasteiger partial charge in [-0.3, -0.25) is 4.79 Å². The van der Waals surface area contributed by atoms with Crippen LogP contribution in [-0.4, -0.2) is 17.9 Å². The number of benzene rings is 1. The standard InChI is InChI=1S/C13H10BrFN2O/c1-17(11-7-3-2-6-10(11)15)13(18)9-5-4-8-16-12(9)14/h2-8H,1H3. The van der Waals surface area contributed by atoms with Crippen LogP contribution in [-0.2, 0) is 0 Å². The van der Waals surface area contributed by atoms with Gasteiger partial charge in [-0.05, 0) is 40.2 Å². The van der Waals surface area contributed by atoms with Gasteiger partial charge in [0.05, 0.1) is 11.3 Å². The van der Waals surface area contributed by atoms with Crippen LogP contribution in [0.5, 0.6) is 0 Å². The Balaban J connectivity index is 2.36. The van der Waals surface area contributed by atoms with Gasteiger partial charge >= 0.3 is 0 Å². The van der Waals surface area contributed by atoms with Crippen LogP contribution in [0.1, 0.15) is 10.4 Å². The number of halogens is 2. The maximum absolute atomic E-state index is 13.6. The Kier molecular flexibility index (Phi) is 3.72. The molecule has 0 aliphatic rings. The van der Waals surface area contributed by atoms with Gasteiger partial charge in [0.25, 0.3) is 5.91 Å². The van der Waals surface area contributed by atoms with Crippen molar-refractivity contribution in [1.82, 2.24) is 4.98 Å². The topological polar surface area (TPSA) is 33.2 Å². The van der Waals surface area contributed by atoms with Gasteiger partial charge in [0.2, 0.25) is 0 Å². The monoisotopic (exact) mass is 308 g/mol. The van der Waals surface area contributed by atoms with Crippen LogP contribution in [0, 0.1) is 5.82 Å². The Morgan fingerprint density at radius 1 is 1.28 bits per heavy atom. The SMILES string of the molecule is CN(C(=O)c1cccnc1Br)c1ccccc1F. The molecule has 0 saturated carbocycles. The maximum Gasteiger partial charge on any atom is 0.260 e. The Labute approximate surface area is 112 Å². The first kappa shape index (κ1) is 12.7. The number of carbonyl (C=O) groups is 1. The van der Waals surface area contributed by atoms with Gasteiger partial charge in [0.15, 0.2) is 0 Å². The molecule has 0 radical (unpaired) electrons. The first-order valence-electron chi connectivity index (χ1n) is 5.24. The van der Waals surface area contributed by atoms with Crippen molar-refractivity contribution in [3.05, 3.63) is 58.6 Å². The lowest BCUT2D eigenvalue weighted by Crippen LogP contribution is -2.27. The summed E-state index contributed by atoms with van der Waals surface area (Å²) < 4.78 is 14.0. The van der Waals surface area contributed by atoms with Crippen molar-refractivity contribution in [1.29, 1.82) is 0 Å². The van der Waals surface area contributed by atoms with Crippen LogP contribution in [0.2, 0.25) is 0 Å². The van der Waals surface area contributed by atoms with E-state index in [1.807, 2.05) is 0 Å². The molecule has 0 N–H and O–H groups in total. The summed E-state index contributed by atoms with van der Waals surface area (Å²) >= 11 is 3.20. The van der Waals surface area contributed by atoms with Crippen molar-refractivity contribution in [2.75, 3.05) is 11.9 Å². The van der Waals surface area contributed by atoms with Gasteiger partial charge in [-0.25, -0.2) is 9.37 Å². The van der Waals surface area contributed by atoms with Gasteiger partial charge in [-0.1, -0.05) is 12.1 Å². The van der Waals surface area contributed by atoms with Crippen LogP contribution in [0.4, 0.5) is 10.1 Å². The molecular formula is C13H10BrFN2O. The average molecular weight is 309 g/mol. The molecule has 1 aromatic carbocycles. The van der Waals surface area contributed by atoms with E-state index >= 15 is 0 Å². The van der Waals surface area contributed by atoms with E-state index in [1.165, 1.54) is 18.0 Å². The molecule has 1 heterocycles. The number of pyridine rings is 1. The van der Waals surface area contributed by atoms with Gasteiger partial charge in [0.1, 0.15) is 10.4 Å². The van der Waals surface area contributed by atoms with Gasteiger partial charge in [0, 0.05) is 13.2 Å². The first-order chi connectivity index (χ1) is 8.61. The van der Waals surface area contributed by atoms with Gasteiger partial charge in [-0.15, -0.1) is 0 Å². The van der Waals surface area contributed by atoms with Crippen molar-refractivity contribution < 1.29 is 9.18 Å². The predicted molar refractivity (Wildman–Crippen MR) is 71.1 cm³/mol. The number of carbonyl (C=O) groups excluding carboxylic acids is 1. The lowest BCUT2D eigenvalue weighted by Gasteiger charge is -2.18. The molecule has 0 aliphatic heterocycles. The number of hydrogen-bond donors (Lipinski definition) is 0. The second kappa shape index (κ2) is 5.27. The molecule has 0 unspecified atom stereocenters. The Morgan fingerprint density at radius 3 is 2.67 bits per heavy atom. The molecule has 1 amide bonds. The summed E-state index contributed by atoms with van der Waals surface area (Å²) in [6, 6.07) is 9.43. The van der Waals surface area contributed by atoms with Crippen LogP contribution in [0.25, 0.3) is 0 Å². The number of amides is 1.